The largest absolute Gasteiger partial charge is 0.481 e. The van der Waals surface area contributed by atoms with Crippen molar-refractivity contribution in [3.05, 3.63) is 15.6 Å². The van der Waals surface area contributed by atoms with Gasteiger partial charge in [0.15, 0.2) is 0 Å². The Morgan fingerprint density at radius 1 is 1.37 bits per heavy atom. The van der Waals surface area contributed by atoms with Gasteiger partial charge in [0, 0.05) is 10.3 Å². The molecule has 2 rings (SSSR count). The topological polar surface area (TPSA) is 53.4 Å². The number of aromatic nitrogens is 1. The van der Waals surface area contributed by atoms with Gasteiger partial charge in [0.2, 0.25) is 0 Å². The third-order valence-electron chi connectivity index (χ3n) is 3.32. The van der Waals surface area contributed by atoms with Crippen molar-refractivity contribution in [3.63, 3.8) is 0 Å². The minimum Gasteiger partial charge on any atom is -0.481 e. The highest BCUT2D eigenvalue weighted by atomic mass is 32.1. The van der Waals surface area contributed by atoms with Crippen LogP contribution in [0.15, 0.2) is 0 Å². The van der Waals surface area contributed by atoms with Gasteiger partial charge >= 0.3 is 5.97 Å². The molecule has 0 bridgehead atoms. The van der Waals surface area contributed by atoms with Crippen molar-refractivity contribution >= 4 is 17.3 Å². The maximum atomic E-state index is 11.0. The summed E-state index contributed by atoms with van der Waals surface area (Å²) in [7, 11) is 0. The molecule has 1 saturated heterocycles. The van der Waals surface area contributed by atoms with Crippen LogP contribution in [0.3, 0.4) is 0 Å². The van der Waals surface area contributed by atoms with E-state index in [2.05, 4.69) is 25.7 Å². The van der Waals surface area contributed by atoms with E-state index in [-0.39, 0.29) is 11.8 Å². The summed E-state index contributed by atoms with van der Waals surface area (Å²) in [6.07, 6.45) is 2.61. The molecule has 0 aliphatic carbocycles. The molecule has 19 heavy (non-hydrogen) atoms. The first-order valence-electron chi connectivity index (χ1n) is 6.79. The molecule has 4 nitrogen and oxygen atoms in total. The van der Waals surface area contributed by atoms with Crippen LogP contribution in [0.25, 0.3) is 0 Å². The van der Waals surface area contributed by atoms with Gasteiger partial charge in [-0.05, 0) is 25.9 Å². The first-order valence-corrected chi connectivity index (χ1v) is 7.61. The van der Waals surface area contributed by atoms with Crippen molar-refractivity contribution in [2.45, 2.75) is 52.0 Å². The van der Waals surface area contributed by atoms with Crippen molar-refractivity contribution in [1.82, 2.24) is 9.88 Å². The van der Waals surface area contributed by atoms with Gasteiger partial charge < -0.3 is 5.11 Å². The molecular weight excluding hydrogens is 260 g/mol. The summed E-state index contributed by atoms with van der Waals surface area (Å²) in [5, 5.41) is 10.1. The van der Waals surface area contributed by atoms with Crippen LogP contribution in [-0.4, -0.2) is 34.0 Å². The van der Waals surface area contributed by atoms with E-state index in [1.807, 2.05) is 0 Å². The maximum absolute atomic E-state index is 11.0. The van der Waals surface area contributed by atoms with Gasteiger partial charge in [-0.2, -0.15) is 0 Å². The second kappa shape index (κ2) is 5.59. The van der Waals surface area contributed by atoms with E-state index in [9.17, 15) is 4.79 Å². The normalized spacial score (nSPS) is 17.0. The van der Waals surface area contributed by atoms with Crippen LogP contribution in [0, 0.1) is 0 Å². The Labute approximate surface area is 118 Å². The lowest BCUT2D eigenvalue weighted by molar-refractivity contribution is -0.136. The Morgan fingerprint density at radius 2 is 2.00 bits per heavy atom. The zero-order chi connectivity index (χ0) is 14.0. The predicted octanol–water partition coefficient (Wildman–Crippen LogP) is 2.66. The Balaban J connectivity index is 2.20. The number of thiazole rings is 1. The van der Waals surface area contributed by atoms with Gasteiger partial charge in [-0.1, -0.05) is 20.8 Å². The Morgan fingerprint density at radius 3 is 2.53 bits per heavy atom. The van der Waals surface area contributed by atoms with Crippen LogP contribution in [0.5, 0.6) is 0 Å². The standard InChI is InChI=1S/C14H22N2O2S/c1-14(2,3)13-10(8-12(17)18)19-11(15-13)9-16-6-4-5-7-16/h4-9H2,1-3H3,(H,17,18). The molecule has 106 valence electrons. The molecule has 0 atom stereocenters. The summed E-state index contributed by atoms with van der Waals surface area (Å²) in [4.78, 5) is 19.0. The van der Waals surface area contributed by atoms with Crippen LogP contribution >= 0.6 is 11.3 Å². The molecule has 1 aromatic rings. The van der Waals surface area contributed by atoms with E-state index in [0.29, 0.717) is 0 Å². The Bertz CT molecular complexity index is 457. The fraction of sp³-hybridized carbons (Fsp3) is 0.714. The van der Waals surface area contributed by atoms with Crippen molar-refractivity contribution < 1.29 is 9.90 Å². The fourth-order valence-corrected chi connectivity index (χ4v) is 3.76. The van der Waals surface area contributed by atoms with Gasteiger partial charge in [0.1, 0.15) is 5.01 Å². The summed E-state index contributed by atoms with van der Waals surface area (Å²) in [5.74, 6) is -0.776. The highest BCUT2D eigenvalue weighted by molar-refractivity contribution is 7.11. The summed E-state index contributed by atoms with van der Waals surface area (Å²) in [6.45, 7) is 9.41. The van der Waals surface area contributed by atoms with E-state index >= 15 is 0 Å². The first kappa shape index (κ1) is 14.5. The molecule has 1 aliphatic heterocycles. The van der Waals surface area contributed by atoms with E-state index in [4.69, 9.17) is 10.1 Å². The Hall–Kier alpha value is -0.940. The summed E-state index contributed by atoms with van der Waals surface area (Å²) in [6, 6.07) is 0. The molecule has 1 N–H and O–H groups in total. The first-order chi connectivity index (χ1) is 8.86. The van der Waals surface area contributed by atoms with Gasteiger partial charge in [-0.3, -0.25) is 9.69 Å². The van der Waals surface area contributed by atoms with Crippen LogP contribution in [0.4, 0.5) is 0 Å². The minimum atomic E-state index is -0.776. The lowest BCUT2D eigenvalue weighted by Crippen LogP contribution is -2.19. The lowest BCUT2D eigenvalue weighted by Gasteiger charge is -2.17. The second-order valence-corrected chi connectivity index (χ2v) is 7.35. The molecule has 0 spiro atoms. The molecule has 1 fully saturated rings. The lowest BCUT2D eigenvalue weighted by atomic mass is 9.91. The summed E-state index contributed by atoms with van der Waals surface area (Å²) >= 11 is 1.57. The van der Waals surface area contributed by atoms with E-state index in [1.54, 1.807) is 11.3 Å². The number of hydrogen-bond donors (Lipinski definition) is 1. The van der Waals surface area contributed by atoms with Crippen molar-refractivity contribution in [2.24, 2.45) is 0 Å². The van der Waals surface area contributed by atoms with Crippen molar-refractivity contribution in [3.8, 4) is 0 Å². The zero-order valence-electron chi connectivity index (χ0n) is 11.9. The predicted molar refractivity (Wildman–Crippen MR) is 76.7 cm³/mol. The van der Waals surface area contributed by atoms with Gasteiger partial charge in [-0.25, -0.2) is 4.98 Å². The van der Waals surface area contributed by atoms with E-state index in [0.717, 1.165) is 35.2 Å². The molecule has 1 aliphatic rings. The minimum absolute atomic E-state index is 0.0876. The maximum Gasteiger partial charge on any atom is 0.308 e. The van der Waals surface area contributed by atoms with Gasteiger partial charge in [0.05, 0.1) is 18.7 Å². The average Bonchev–Trinajstić information content (AvgIpc) is 2.86. The van der Waals surface area contributed by atoms with Crippen LogP contribution in [-0.2, 0) is 23.2 Å². The monoisotopic (exact) mass is 282 g/mol. The molecule has 0 aromatic carbocycles. The number of aliphatic carboxylic acids is 1. The molecule has 0 amide bonds. The number of rotatable bonds is 4. The summed E-state index contributed by atoms with van der Waals surface area (Å²) < 4.78 is 0. The van der Waals surface area contributed by atoms with Gasteiger partial charge in [-0.15, -0.1) is 11.3 Å². The molecule has 0 unspecified atom stereocenters. The van der Waals surface area contributed by atoms with Crippen LogP contribution in [0.1, 0.15) is 49.2 Å². The molecular formula is C14H22N2O2S. The number of hydrogen-bond acceptors (Lipinski definition) is 4. The number of carboxylic acid groups (broad SMARTS) is 1. The van der Waals surface area contributed by atoms with Gasteiger partial charge in [0.25, 0.3) is 0 Å². The number of carboxylic acids is 1. The third kappa shape index (κ3) is 3.76. The molecule has 2 heterocycles. The zero-order valence-corrected chi connectivity index (χ0v) is 12.7. The molecule has 5 heteroatoms. The van der Waals surface area contributed by atoms with Crippen LogP contribution < -0.4 is 0 Å². The highest BCUT2D eigenvalue weighted by Gasteiger charge is 2.25. The fourth-order valence-electron chi connectivity index (χ4n) is 2.44. The highest BCUT2D eigenvalue weighted by Crippen LogP contribution is 2.31. The van der Waals surface area contributed by atoms with Crippen molar-refractivity contribution in [1.29, 1.82) is 0 Å². The third-order valence-corrected chi connectivity index (χ3v) is 4.36. The number of nitrogens with zero attached hydrogens (tertiary/aromatic N) is 2. The molecule has 0 radical (unpaired) electrons. The molecule has 1 aromatic heterocycles. The smallest absolute Gasteiger partial charge is 0.308 e. The van der Waals surface area contributed by atoms with Crippen molar-refractivity contribution in [2.75, 3.05) is 13.1 Å². The van der Waals surface area contributed by atoms with E-state index in [1.165, 1.54) is 12.8 Å². The average molecular weight is 282 g/mol. The quantitative estimate of drug-likeness (QED) is 0.922. The second-order valence-electron chi connectivity index (χ2n) is 6.18. The molecule has 0 saturated carbocycles. The van der Waals surface area contributed by atoms with E-state index < -0.39 is 5.97 Å². The number of likely N-dealkylation sites (tertiary alicyclic amines) is 1. The van der Waals surface area contributed by atoms with Crippen LogP contribution in [0.2, 0.25) is 0 Å². The SMILES string of the molecule is CC(C)(C)c1nc(CN2CCCC2)sc1CC(=O)O. The number of carbonyl (C=O) groups is 1. The summed E-state index contributed by atoms with van der Waals surface area (Å²) in [5.41, 5.74) is 0.860. The Kier molecular flexibility index (Phi) is 4.26.